The molecule has 0 saturated carbocycles. The van der Waals surface area contributed by atoms with Crippen molar-refractivity contribution in [3.05, 3.63) is 56.8 Å². The molecule has 1 nitrogen and oxygen atoms in total. The van der Waals surface area contributed by atoms with Gasteiger partial charge in [0.05, 0.1) is 6.10 Å². The number of hydrogen-bond acceptors (Lipinski definition) is 3. The number of thiophene rings is 2. The second-order valence-electron chi connectivity index (χ2n) is 4.77. The molecule has 1 aromatic carbocycles. The molecular formula is C16H15FOS2. The summed E-state index contributed by atoms with van der Waals surface area (Å²) in [6.45, 7) is 2.13. The molecule has 0 amide bonds. The lowest BCUT2D eigenvalue weighted by molar-refractivity contribution is 0.183. The molecule has 1 N–H and O–H groups in total. The molecule has 2 aromatic heterocycles. The number of benzene rings is 1. The second kappa shape index (κ2) is 5.64. The zero-order valence-corrected chi connectivity index (χ0v) is 12.7. The summed E-state index contributed by atoms with van der Waals surface area (Å²) < 4.78 is 14.1. The quantitative estimate of drug-likeness (QED) is 0.724. The molecule has 0 aliphatic heterocycles. The van der Waals surface area contributed by atoms with Crippen LogP contribution in [0.15, 0.2) is 36.4 Å². The van der Waals surface area contributed by atoms with Gasteiger partial charge >= 0.3 is 0 Å². The second-order valence-corrected chi connectivity index (χ2v) is 7.14. The third-order valence-electron chi connectivity index (χ3n) is 3.29. The van der Waals surface area contributed by atoms with Gasteiger partial charge in [0.1, 0.15) is 5.82 Å². The molecule has 4 heteroatoms. The molecule has 3 rings (SSSR count). The van der Waals surface area contributed by atoms with Gasteiger partial charge < -0.3 is 5.11 Å². The summed E-state index contributed by atoms with van der Waals surface area (Å²) >= 11 is 3.22. The first-order valence-electron chi connectivity index (χ1n) is 6.60. The molecule has 0 fully saturated rings. The third-order valence-corrected chi connectivity index (χ3v) is 5.74. The van der Waals surface area contributed by atoms with E-state index in [1.54, 1.807) is 17.4 Å². The number of hydrogen-bond donors (Lipinski definition) is 1. The molecule has 0 aliphatic rings. The van der Waals surface area contributed by atoms with Gasteiger partial charge in [0, 0.05) is 25.8 Å². The van der Waals surface area contributed by atoms with Crippen molar-refractivity contribution in [2.75, 3.05) is 0 Å². The minimum atomic E-state index is -0.515. The number of aliphatic hydroxyl groups is 1. The minimum Gasteiger partial charge on any atom is -0.387 e. The average molecular weight is 306 g/mol. The highest BCUT2D eigenvalue weighted by Crippen LogP contribution is 2.33. The normalized spacial score (nSPS) is 12.9. The lowest BCUT2D eigenvalue weighted by atomic mass is 10.1. The lowest BCUT2D eigenvalue weighted by Gasteiger charge is -2.05. The number of aryl methyl sites for hydroxylation is 1. The van der Waals surface area contributed by atoms with Crippen molar-refractivity contribution in [1.29, 1.82) is 0 Å². The summed E-state index contributed by atoms with van der Waals surface area (Å²) in [5.41, 5.74) is 0. The monoisotopic (exact) mass is 306 g/mol. The van der Waals surface area contributed by atoms with E-state index in [0.717, 1.165) is 21.4 Å². The van der Waals surface area contributed by atoms with E-state index in [0.29, 0.717) is 6.42 Å². The van der Waals surface area contributed by atoms with Crippen LogP contribution in [0, 0.1) is 5.82 Å². The van der Waals surface area contributed by atoms with Crippen molar-refractivity contribution in [2.45, 2.75) is 25.9 Å². The third kappa shape index (κ3) is 2.77. The zero-order chi connectivity index (χ0) is 14.1. The van der Waals surface area contributed by atoms with Gasteiger partial charge in [-0.15, -0.1) is 22.7 Å². The van der Waals surface area contributed by atoms with E-state index in [9.17, 15) is 9.50 Å². The summed E-state index contributed by atoms with van der Waals surface area (Å²) in [5, 5.41) is 11.3. The SMILES string of the molecule is CCc1ccc(CC(O)c2cc3ccc(F)cc3s2)s1. The highest BCUT2D eigenvalue weighted by molar-refractivity contribution is 7.19. The zero-order valence-electron chi connectivity index (χ0n) is 11.1. The van der Waals surface area contributed by atoms with E-state index in [1.807, 2.05) is 6.07 Å². The van der Waals surface area contributed by atoms with Gasteiger partial charge in [-0.1, -0.05) is 13.0 Å². The van der Waals surface area contributed by atoms with Crippen LogP contribution in [0.1, 0.15) is 27.7 Å². The molecule has 0 saturated heterocycles. The van der Waals surface area contributed by atoms with Gasteiger partial charge in [-0.05, 0) is 42.1 Å². The van der Waals surface area contributed by atoms with E-state index < -0.39 is 6.10 Å². The van der Waals surface area contributed by atoms with Crippen LogP contribution in [0.3, 0.4) is 0 Å². The molecule has 1 unspecified atom stereocenters. The van der Waals surface area contributed by atoms with Gasteiger partial charge in [-0.3, -0.25) is 0 Å². The van der Waals surface area contributed by atoms with Crippen LogP contribution >= 0.6 is 22.7 Å². The molecule has 20 heavy (non-hydrogen) atoms. The minimum absolute atomic E-state index is 0.230. The summed E-state index contributed by atoms with van der Waals surface area (Å²) in [7, 11) is 0. The Morgan fingerprint density at radius 2 is 1.90 bits per heavy atom. The van der Waals surface area contributed by atoms with Crippen LogP contribution in [0.25, 0.3) is 10.1 Å². The molecule has 3 aromatic rings. The Kier molecular flexibility index (Phi) is 3.87. The fourth-order valence-electron chi connectivity index (χ4n) is 2.20. The van der Waals surface area contributed by atoms with E-state index in [2.05, 4.69) is 19.1 Å². The number of fused-ring (bicyclic) bond motifs is 1. The van der Waals surface area contributed by atoms with Crippen molar-refractivity contribution in [1.82, 2.24) is 0 Å². The highest BCUT2D eigenvalue weighted by atomic mass is 32.1. The molecular weight excluding hydrogens is 291 g/mol. The van der Waals surface area contributed by atoms with E-state index >= 15 is 0 Å². The molecule has 0 radical (unpaired) electrons. The largest absolute Gasteiger partial charge is 0.387 e. The summed E-state index contributed by atoms with van der Waals surface area (Å²) in [6.07, 6.45) is 1.14. The maximum atomic E-state index is 13.2. The van der Waals surface area contributed by atoms with E-state index in [-0.39, 0.29) is 5.82 Å². The number of rotatable bonds is 4. The van der Waals surface area contributed by atoms with Crippen molar-refractivity contribution < 1.29 is 9.50 Å². The van der Waals surface area contributed by atoms with Crippen LogP contribution in [-0.2, 0) is 12.8 Å². The van der Waals surface area contributed by atoms with Crippen LogP contribution < -0.4 is 0 Å². The van der Waals surface area contributed by atoms with Crippen LogP contribution in [0.2, 0.25) is 0 Å². The van der Waals surface area contributed by atoms with Gasteiger partial charge in [-0.25, -0.2) is 4.39 Å². The van der Waals surface area contributed by atoms with Gasteiger partial charge in [-0.2, -0.15) is 0 Å². The van der Waals surface area contributed by atoms with Crippen molar-refractivity contribution in [3.8, 4) is 0 Å². The summed E-state index contributed by atoms with van der Waals surface area (Å²) in [4.78, 5) is 3.43. The Morgan fingerprint density at radius 1 is 1.10 bits per heavy atom. The van der Waals surface area contributed by atoms with Crippen LogP contribution in [-0.4, -0.2) is 5.11 Å². The Labute approximate surface area is 125 Å². The number of aliphatic hydroxyl groups excluding tert-OH is 1. The number of halogens is 1. The fourth-order valence-corrected chi connectivity index (χ4v) is 4.27. The highest BCUT2D eigenvalue weighted by Gasteiger charge is 2.13. The topological polar surface area (TPSA) is 20.2 Å². The molecule has 0 aliphatic carbocycles. The first-order chi connectivity index (χ1) is 9.65. The summed E-state index contributed by atoms with van der Waals surface area (Å²) in [5.74, 6) is -0.230. The van der Waals surface area contributed by atoms with Crippen LogP contribution in [0.5, 0.6) is 0 Å². The predicted molar refractivity (Wildman–Crippen MR) is 84.1 cm³/mol. The molecule has 2 heterocycles. The van der Waals surface area contributed by atoms with E-state index in [1.165, 1.54) is 33.2 Å². The molecule has 0 spiro atoms. The average Bonchev–Trinajstić information content (AvgIpc) is 3.04. The Bertz CT molecular complexity index is 729. The first kappa shape index (κ1) is 13.7. The fraction of sp³-hybridized carbons (Fsp3) is 0.250. The van der Waals surface area contributed by atoms with Crippen LogP contribution in [0.4, 0.5) is 4.39 Å². The molecule has 104 valence electrons. The van der Waals surface area contributed by atoms with E-state index in [4.69, 9.17) is 0 Å². The molecule has 1 atom stereocenters. The maximum Gasteiger partial charge on any atom is 0.124 e. The van der Waals surface area contributed by atoms with Gasteiger partial charge in [0.15, 0.2) is 0 Å². The Balaban J connectivity index is 1.82. The lowest BCUT2D eigenvalue weighted by Crippen LogP contribution is -1.97. The maximum absolute atomic E-state index is 13.2. The first-order valence-corrected chi connectivity index (χ1v) is 8.23. The van der Waals surface area contributed by atoms with Crippen molar-refractivity contribution in [2.24, 2.45) is 0 Å². The van der Waals surface area contributed by atoms with Crippen molar-refractivity contribution >= 4 is 32.8 Å². The van der Waals surface area contributed by atoms with Gasteiger partial charge in [0.2, 0.25) is 0 Å². The standard InChI is InChI=1S/C16H15FOS2/c1-2-12-5-6-13(19-12)9-14(18)16-7-10-3-4-11(17)8-15(10)20-16/h3-8,14,18H,2,9H2,1H3. The Hall–Kier alpha value is -1.23. The Morgan fingerprint density at radius 3 is 2.65 bits per heavy atom. The molecule has 0 bridgehead atoms. The summed E-state index contributed by atoms with van der Waals surface area (Å²) in [6, 6.07) is 10.9. The smallest absolute Gasteiger partial charge is 0.124 e. The van der Waals surface area contributed by atoms with Gasteiger partial charge in [0.25, 0.3) is 0 Å². The van der Waals surface area contributed by atoms with Crippen molar-refractivity contribution in [3.63, 3.8) is 0 Å². The predicted octanol–water partition coefficient (Wildman–Crippen LogP) is 4.94.